The molecule has 0 bridgehead atoms. The second-order valence-electron chi connectivity index (χ2n) is 7.13. The summed E-state index contributed by atoms with van der Waals surface area (Å²) >= 11 is 0. The maximum Gasteiger partial charge on any atom is 0.237 e. The first-order chi connectivity index (χ1) is 11.8. The van der Waals surface area contributed by atoms with E-state index in [1.54, 1.807) is 0 Å². The van der Waals surface area contributed by atoms with E-state index in [-0.39, 0.29) is 24.4 Å². The lowest BCUT2D eigenvalue weighted by Crippen LogP contribution is -2.43. The van der Waals surface area contributed by atoms with Gasteiger partial charge in [-0.2, -0.15) is 0 Å². The Balaban J connectivity index is 0.00000182. The van der Waals surface area contributed by atoms with Crippen LogP contribution in [0.3, 0.4) is 0 Å². The van der Waals surface area contributed by atoms with Crippen LogP contribution in [0.5, 0.6) is 11.5 Å². The second-order valence-corrected chi connectivity index (χ2v) is 7.13. The molecule has 1 aromatic carbocycles. The van der Waals surface area contributed by atoms with Gasteiger partial charge in [-0.05, 0) is 49.3 Å². The number of benzene rings is 1. The summed E-state index contributed by atoms with van der Waals surface area (Å²) in [7, 11) is 0. The largest absolute Gasteiger partial charge is 0.486 e. The molecule has 0 aromatic heterocycles. The van der Waals surface area contributed by atoms with Crippen LogP contribution >= 0.6 is 12.4 Å². The van der Waals surface area contributed by atoms with E-state index in [4.69, 9.17) is 9.47 Å². The molecular weight excluding hydrogens is 340 g/mol. The Bertz CT molecular complexity index is 596. The fourth-order valence-electron chi connectivity index (χ4n) is 4.22. The number of rotatable bonds is 4. The molecule has 3 unspecified atom stereocenters. The Hall–Kier alpha value is -1.46. The van der Waals surface area contributed by atoms with Crippen molar-refractivity contribution in [3.8, 4) is 11.5 Å². The Morgan fingerprint density at radius 3 is 2.80 bits per heavy atom. The number of ether oxygens (including phenoxy) is 2. The van der Waals surface area contributed by atoms with Gasteiger partial charge in [0.2, 0.25) is 5.91 Å². The third-order valence-corrected chi connectivity index (χ3v) is 5.50. The standard InChI is InChI=1S/C19H26N2O3.ClH/c22-19(16-12-14-3-1-2-4-15(14)21-16)20-8-7-13-5-6-17-18(11-13)24-10-9-23-17;/h5-6,11,14-16,21H,1-4,7-10,12H2,(H,20,22);1H. The van der Waals surface area contributed by atoms with Crippen molar-refractivity contribution in [2.75, 3.05) is 19.8 Å². The summed E-state index contributed by atoms with van der Waals surface area (Å²) in [6.45, 7) is 1.87. The van der Waals surface area contributed by atoms with Gasteiger partial charge in [0.15, 0.2) is 11.5 Å². The van der Waals surface area contributed by atoms with E-state index in [0.29, 0.717) is 31.7 Å². The molecule has 5 nitrogen and oxygen atoms in total. The summed E-state index contributed by atoms with van der Waals surface area (Å²) in [5.74, 6) is 2.48. The van der Waals surface area contributed by atoms with Crippen molar-refractivity contribution < 1.29 is 14.3 Å². The monoisotopic (exact) mass is 366 g/mol. The van der Waals surface area contributed by atoms with Crippen LogP contribution in [-0.2, 0) is 11.2 Å². The zero-order chi connectivity index (χ0) is 16.4. The van der Waals surface area contributed by atoms with E-state index in [1.807, 2.05) is 18.2 Å². The van der Waals surface area contributed by atoms with Crippen molar-refractivity contribution >= 4 is 18.3 Å². The summed E-state index contributed by atoms with van der Waals surface area (Å²) in [6.07, 6.45) is 6.93. The molecule has 4 rings (SSSR count). The van der Waals surface area contributed by atoms with Crippen LogP contribution in [0.2, 0.25) is 0 Å². The maximum atomic E-state index is 12.4. The van der Waals surface area contributed by atoms with Gasteiger partial charge in [-0.3, -0.25) is 4.79 Å². The number of halogens is 1. The number of hydrogen-bond acceptors (Lipinski definition) is 4. The van der Waals surface area contributed by atoms with Crippen LogP contribution in [0.1, 0.15) is 37.7 Å². The molecule has 2 fully saturated rings. The minimum atomic E-state index is -0.00151. The molecule has 3 aliphatic rings. The average molecular weight is 367 g/mol. The van der Waals surface area contributed by atoms with Gasteiger partial charge >= 0.3 is 0 Å². The zero-order valence-corrected chi connectivity index (χ0v) is 15.3. The van der Waals surface area contributed by atoms with Crippen molar-refractivity contribution in [2.45, 2.75) is 50.6 Å². The molecule has 0 radical (unpaired) electrons. The van der Waals surface area contributed by atoms with Gasteiger partial charge in [-0.25, -0.2) is 0 Å². The Kier molecular flexibility index (Phi) is 6.07. The minimum absolute atomic E-state index is 0. The number of amides is 1. The highest BCUT2D eigenvalue weighted by molar-refractivity contribution is 5.85. The summed E-state index contributed by atoms with van der Waals surface area (Å²) in [5.41, 5.74) is 1.16. The lowest BCUT2D eigenvalue weighted by atomic mass is 9.85. The molecule has 1 aliphatic carbocycles. The molecule has 1 amide bonds. The molecule has 1 saturated carbocycles. The molecule has 3 atom stereocenters. The van der Waals surface area contributed by atoms with Crippen LogP contribution < -0.4 is 20.1 Å². The predicted octanol–water partition coefficient (Wildman–Crippen LogP) is 2.46. The van der Waals surface area contributed by atoms with E-state index < -0.39 is 0 Å². The van der Waals surface area contributed by atoms with Crippen molar-refractivity contribution in [3.63, 3.8) is 0 Å². The van der Waals surface area contributed by atoms with Gasteiger partial charge in [0.25, 0.3) is 0 Å². The number of hydrogen-bond donors (Lipinski definition) is 2. The first kappa shape index (κ1) is 18.3. The van der Waals surface area contributed by atoms with Crippen LogP contribution in [0, 0.1) is 5.92 Å². The predicted molar refractivity (Wildman–Crippen MR) is 98.7 cm³/mol. The third kappa shape index (κ3) is 4.21. The number of carbonyl (C=O) groups excluding carboxylic acids is 1. The van der Waals surface area contributed by atoms with E-state index in [2.05, 4.69) is 10.6 Å². The van der Waals surface area contributed by atoms with Gasteiger partial charge in [0.05, 0.1) is 6.04 Å². The second kappa shape index (κ2) is 8.28. The molecule has 25 heavy (non-hydrogen) atoms. The van der Waals surface area contributed by atoms with Gasteiger partial charge in [0, 0.05) is 12.6 Å². The molecule has 0 spiro atoms. The van der Waals surface area contributed by atoms with Gasteiger partial charge in [0.1, 0.15) is 13.2 Å². The molecule has 6 heteroatoms. The van der Waals surface area contributed by atoms with E-state index in [9.17, 15) is 4.79 Å². The maximum absolute atomic E-state index is 12.4. The van der Waals surface area contributed by atoms with Crippen molar-refractivity contribution in [2.24, 2.45) is 5.92 Å². The highest BCUT2D eigenvalue weighted by Gasteiger charge is 2.37. The summed E-state index contributed by atoms with van der Waals surface area (Å²) in [5, 5.41) is 6.62. The van der Waals surface area contributed by atoms with Crippen molar-refractivity contribution in [1.82, 2.24) is 10.6 Å². The Labute approximate surface area is 155 Å². The highest BCUT2D eigenvalue weighted by atomic mass is 35.5. The summed E-state index contributed by atoms with van der Waals surface area (Å²) < 4.78 is 11.1. The molecule has 2 N–H and O–H groups in total. The lowest BCUT2D eigenvalue weighted by molar-refractivity contribution is -0.122. The topological polar surface area (TPSA) is 59.6 Å². The van der Waals surface area contributed by atoms with Gasteiger partial charge in [-0.15, -0.1) is 12.4 Å². The van der Waals surface area contributed by atoms with E-state index >= 15 is 0 Å². The van der Waals surface area contributed by atoms with Gasteiger partial charge < -0.3 is 20.1 Å². The van der Waals surface area contributed by atoms with Crippen LogP contribution in [0.25, 0.3) is 0 Å². The fourth-order valence-corrected chi connectivity index (χ4v) is 4.22. The minimum Gasteiger partial charge on any atom is -0.486 e. The first-order valence-electron chi connectivity index (χ1n) is 9.22. The molecule has 1 aromatic rings. The molecule has 2 aliphatic heterocycles. The molecule has 1 saturated heterocycles. The number of nitrogens with one attached hydrogen (secondary N) is 2. The Morgan fingerprint density at radius 2 is 1.96 bits per heavy atom. The Morgan fingerprint density at radius 1 is 1.16 bits per heavy atom. The normalized spacial score (nSPS) is 27.1. The smallest absolute Gasteiger partial charge is 0.237 e. The van der Waals surface area contributed by atoms with E-state index in [0.717, 1.165) is 29.9 Å². The van der Waals surface area contributed by atoms with E-state index in [1.165, 1.54) is 25.7 Å². The molecule has 2 heterocycles. The molecular formula is C19H27ClN2O3. The van der Waals surface area contributed by atoms with Gasteiger partial charge in [-0.1, -0.05) is 18.9 Å². The SMILES string of the molecule is Cl.O=C(NCCc1ccc2c(c1)OCCO2)C1CC2CCCCC2N1. The quantitative estimate of drug-likeness (QED) is 0.859. The number of fused-ring (bicyclic) bond motifs is 2. The third-order valence-electron chi connectivity index (χ3n) is 5.50. The lowest BCUT2D eigenvalue weighted by Gasteiger charge is -2.24. The zero-order valence-electron chi connectivity index (χ0n) is 14.5. The first-order valence-corrected chi connectivity index (χ1v) is 9.22. The fraction of sp³-hybridized carbons (Fsp3) is 0.632. The summed E-state index contributed by atoms with van der Waals surface area (Å²) in [6, 6.07) is 6.57. The number of carbonyl (C=O) groups is 1. The van der Waals surface area contributed by atoms with Crippen molar-refractivity contribution in [3.05, 3.63) is 23.8 Å². The van der Waals surface area contributed by atoms with Crippen LogP contribution in [-0.4, -0.2) is 37.7 Å². The molecule has 138 valence electrons. The van der Waals surface area contributed by atoms with Crippen molar-refractivity contribution in [1.29, 1.82) is 0 Å². The summed E-state index contributed by atoms with van der Waals surface area (Å²) in [4.78, 5) is 12.4. The highest BCUT2D eigenvalue weighted by Crippen LogP contribution is 2.33. The van der Waals surface area contributed by atoms with Crippen LogP contribution in [0.4, 0.5) is 0 Å². The van der Waals surface area contributed by atoms with Crippen LogP contribution in [0.15, 0.2) is 18.2 Å². The average Bonchev–Trinajstić information content (AvgIpc) is 3.06.